The van der Waals surface area contributed by atoms with Gasteiger partial charge in [-0.2, -0.15) is 0 Å². The highest BCUT2D eigenvalue weighted by Crippen LogP contribution is 2.21. The van der Waals surface area contributed by atoms with Gasteiger partial charge in [-0.3, -0.25) is 4.79 Å². The third kappa shape index (κ3) is 3.94. The van der Waals surface area contributed by atoms with E-state index < -0.39 is 18.0 Å². The molecule has 2 rings (SSSR count). The van der Waals surface area contributed by atoms with Crippen molar-refractivity contribution < 1.29 is 19.5 Å². The van der Waals surface area contributed by atoms with Gasteiger partial charge in [0, 0.05) is 16.7 Å². The summed E-state index contributed by atoms with van der Waals surface area (Å²) >= 11 is 3.12. The SMILES string of the molecule is O=C(Nc1ccc(Br)c(C(=O)O)c1)NC1CCCNC1=O. The normalized spacial score (nSPS) is 17.8. The summed E-state index contributed by atoms with van der Waals surface area (Å²) in [5.41, 5.74) is 0.382. The Labute approximate surface area is 129 Å². The van der Waals surface area contributed by atoms with Crippen LogP contribution >= 0.6 is 15.9 Å². The molecule has 0 aliphatic carbocycles. The number of halogens is 1. The van der Waals surface area contributed by atoms with Gasteiger partial charge in [0.15, 0.2) is 0 Å². The van der Waals surface area contributed by atoms with E-state index in [1.54, 1.807) is 6.07 Å². The van der Waals surface area contributed by atoms with E-state index in [2.05, 4.69) is 31.9 Å². The van der Waals surface area contributed by atoms with Crippen molar-refractivity contribution in [2.24, 2.45) is 0 Å². The van der Waals surface area contributed by atoms with Crippen molar-refractivity contribution >= 4 is 39.5 Å². The van der Waals surface area contributed by atoms with Crippen LogP contribution in [0.4, 0.5) is 10.5 Å². The molecular formula is C13H14BrN3O4. The fraction of sp³-hybridized carbons (Fsp3) is 0.308. The molecule has 1 aromatic rings. The summed E-state index contributed by atoms with van der Waals surface area (Å²) in [7, 11) is 0. The predicted octanol–water partition coefficient (Wildman–Crippen LogP) is 1.55. The summed E-state index contributed by atoms with van der Waals surface area (Å²) in [6.45, 7) is 0.618. The molecule has 21 heavy (non-hydrogen) atoms. The molecule has 1 aliphatic rings. The molecule has 0 saturated carbocycles. The Bertz CT molecular complexity index is 591. The van der Waals surface area contributed by atoms with Crippen LogP contribution in [0, 0.1) is 0 Å². The number of aromatic carboxylic acids is 1. The van der Waals surface area contributed by atoms with Crippen LogP contribution in [0.3, 0.4) is 0 Å². The van der Waals surface area contributed by atoms with Crippen LogP contribution in [0.15, 0.2) is 22.7 Å². The van der Waals surface area contributed by atoms with Gasteiger partial charge in [0.05, 0.1) is 5.56 Å². The molecule has 112 valence electrons. The number of benzene rings is 1. The van der Waals surface area contributed by atoms with Crippen LogP contribution in [0.2, 0.25) is 0 Å². The summed E-state index contributed by atoms with van der Waals surface area (Å²) in [5, 5.41) is 16.8. The number of hydrogen-bond acceptors (Lipinski definition) is 3. The van der Waals surface area contributed by atoms with Crippen molar-refractivity contribution in [2.75, 3.05) is 11.9 Å². The molecule has 1 aromatic carbocycles. The lowest BCUT2D eigenvalue weighted by atomic mass is 10.1. The predicted molar refractivity (Wildman–Crippen MR) is 79.3 cm³/mol. The number of amides is 3. The summed E-state index contributed by atoms with van der Waals surface area (Å²) in [6.07, 6.45) is 1.39. The molecule has 1 heterocycles. The Hall–Kier alpha value is -2.09. The first kappa shape index (κ1) is 15.3. The number of carboxylic acids is 1. The summed E-state index contributed by atoms with van der Waals surface area (Å²) in [4.78, 5) is 34.4. The summed E-state index contributed by atoms with van der Waals surface area (Å²) in [5.74, 6) is -1.31. The van der Waals surface area contributed by atoms with E-state index in [1.165, 1.54) is 12.1 Å². The molecule has 3 amide bonds. The van der Waals surface area contributed by atoms with Crippen LogP contribution < -0.4 is 16.0 Å². The number of rotatable bonds is 3. The van der Waals surface area contributed by atoms with Crippen molar-refractivity contribution in [1.29, 1.82) is 0 Å². The minimum Gasteiger partial charge on any atom is -0.478 e. The molecule has 1 unspecified atom stereocenters. The summed E-state index contributed by atoms with van der Waals surface area (Å²) < 4.78 is 0.424. The Morgan fingerprint density at radius 2 is 2.14 bits per heavy atom. The van der Waals surface area contributed by atoms with Crippen LogP contribution in [0.1, 0.15) is 23.2 Å². The zero-order valence-electron chi connectivity index (χ0n) is 11.0. The molecule has 7 nitrogen and oxygen atoms in total. The highest BCUT2D eigenvalue weighted by atomic mass is 79.9. The topological polar surface area (TPSA) is 108 Å². The van der Waals surface area contributed by atoms with Gasteiger partial charge in [0.1, 0.15) is 6.04 Å². The Morgan fingerprint density at radius 1 is 1.38 bits per heavy atom. The van der Waals surface area contributed by atoms with Gasteiger partial charge in [-0.15, -0.1) is 0 Å². The fourth-order valence-electron chi connectivity index (χ4n) is 2.00. The Balaban J connectivity index is 2.01. The third-order valence-corrected chi connectivity index (χ3v) is 3.74. The average molecular weight is 356 g/mol. The van der Waals surface area contributed by atoms with Crippen molar-refractivity contribution in [1.82, 2.24) is 10.6 Å². The van der Waals surface area contributed by atoms with E-state index in [0.717, 1.165) is 6.42 Å². The number of urea groups is 1. The van der Waals surface area contributed by atoms with E-state index >= 15 is 0 Å². The number of carboxylic acid groups (broad SMARTS) is 1. The maximum absolute atomic E-state index is 11.8. The van der Waals surface area contributed by atoms with Gasteiger partial charge >= 0.3 is 12.0 Å². The standard InChI is InChI=1S/C13H14BrN3O4/c14-9-4-3-7(6-8(9)12(19)20)16-13(21)17-10-2-1-5-15-11(10)18/h3-4,6,10H,1-2,5H2,(H,15,18)(H,19,20)(H2,16,17,21). The molecule has 1 atom stereocenters. The number of anilines is 1. The van der Waals surface area contributed by atoms with E-state index in [4.69, 9.17) is 5.11 Å². The fourth-order valence-corrected chi connectivity index (χ4v) is 2.42. The molecule has 1 aliphatic heterocycles. The smallest absolute Gasteiger partial charge is 0.336 e. The Kier molecular flexibility index (Phi) is 4.79. The number of carbonyl (C=O) groups is 3. The lowest BCUT2D eigenvalue weighted by Gasteiger charge is -2.22. The largest absolute Gasteiger partial charge is 0.478 e. The van der Waals surface area contributed by atoms with Gasteiger partial charge in [0.2, 0.25) is 5.91 Å². The molecule has 0 bridgehead atoms. The second-order valence-electron chi connectivity index (χ2n) is 4.58. The van der Waals surface area contributed by atoms with Gasteiger partial charge in [0.25, 0.3) is 0 Å². The van der Waals surface area contributed by atoms with E-state index in [-0.39, 0.29) is 11.5 Å². The monoisotopic (exact) mass is 355 g/mol. The highest BCUT2D eigenvalue weighted by Gasteiger charge is 2.23. The second-order valence-corrected chi connectivity index (χ2v) is 5.44. The quantitative estimate of drug-likeness (QED) is 0.659. The third-order valence-electron chi connectivity index (χ3n) is 3.05. The number of nitrogens with one attached hydrogen (secondary N) is 3. The lowest BCUT2D eigenvalue weighted by molar-refractivity contribution is -0.124. The summed E-state index contributed by atoms with van der Waals surface area (Å²) in [6, 6.07) is 3.33. The highest BCUT2D eigenvalue weighted by molar-refractivity contribution is 9.10. The van der Waals surface area contributed by atoms with Gasteiger partial charge in [-0.1, -0.05) is 0 Å². The minimum absolute atomic E-state index is 0.0446. The first-order valence-corrected chi connectivity index (χ1v) is 7.15. The zero-order valence-corrected chi connectivity index (χ0v) is 12.6. The van der Waals surface area contributed by atoms with Crippen LogP contribution in [-0.2, 0) is 4.79 Å². The number of carbonyl (C=O) groups excluding carboxylic acids is 2. The van der Waals surface area contributed by atoms with Gasteiger partial charge < -0.3 is 21.1 Å². The van der Waals surface area contributed by atoms with Crippen molar-refractivity contribution in [3.05, 3.63) is 28.2 Å². The molecule has 0 radical (unpaired) electrons. The molecule has 1 fully saturated rings. The average Bonchev–Trinajstić information content (AvgIpc) is 2.43. The maximum atomic E-state index is 11.8. The first-order chi connectivity index (χ1) is 9.97. The minimum atomic E-state index is -1.10. The van der Waals surface area contributed by atoms with Crippen molar-refractivity contribution in [2.45, 2.75) is 18.9 Å². The van der Waals surface area contributed by atoms with Crippen LogP contribution in [-0.4, -0.2) is 35.6 Å². The van der Waals surface area contributed by atoms with E-state index in [1.807, 2.05) is 0 Å². The first-order valence-electron chi connectivity index (χ1n) is 6.35. The molecular weight excluding hydrogens is 342 g/mol. The number of piperidine rings is 1. The van der Waals surface area contributed by atoms with Crippen LogP contribution in [0.5, 0.6) is 0 Å². The number of hydrogen-bond donors (Lipinski definition) is 4. The maximum Gasteiger partial charge on any atom is 0.336 e. The molecule has 8 heteroatoms. The lowest BCUT2D eigenvalue weighted by Crippen LogP contribution is -2.51. The molecule has 0 aromatic heterocycles. The van der Waals surface area contributed by atoms with Crippen LogP contribution in [0.25, 0.3) is 0 Å². The Morgan fingerprint density at radius 3 is 2.81 bits per heavy atom. The second kappa shape index (κ2) is 6.57. The van der Waals surface area contributed by atoms with E-state index in [0.29, 0.717) is 23.1 Å². The molecule has 0 spiro atoms. The van der Waals surface area contributed by atoms with Crippen molar-refractivity contribution in [3.63, 3.8) is 0 Å². The zero-order chi connectivity index (χ0) is 15.4. The van der Waals surface area contributed by atoms with Crippen molar-refractivity contribution in [3.8, 4) is 0 Å². The molecule has 1 saturated heterocycles. The molecule has 4 N–H and O–H groups in total. The van der Waals surface area contributed by atoms with E-state index in [9.17, 15) is 14.4 Å². The van der Waals surface area contributed by atoms with Gasteiger partial charge in [-0.25, -0.2) is 9.59 Å². The van der Waals surface area contributed by atoms with Gasteiger partial charge in [-0.05, 0) is 47.0 Å².